The molecule has 0 bridgehead atoms. The molecule has 0 aliphatic carbocycles. The Balaban J connectivity index is 1.18. The van der Waals surface area contributed by atoms with Crippen molar-refractivity contribution in [3.05, 3.63) is 131 Å². The molecule has 0 unspecified atom stereocenters. The Morgan fingerprint density at radius 2 is 1.56 bits per heavy atom. The molecule has 4 aromatic carbocycles. The number of carbonyl (C=O) groups excluding carboxylic acids is 3. The van der Waals surface area contributed by atoms with Crippen LogP contribution in [0.3, 0.4) is 0 Å². The Morgan fingerprint density at radius 3 is 2.26 bits per heavy atom. The Hall–Kier alpha value is -5.07. The van der Waals surface area contributed by atoms with Gasteiger partial charge in [0, 0.05) is 31.0 Å². The number of aliphatic hydroxyl groups excluding tert-OH is 1. The van der Waals surface area contributed by atoms with Crippen LogP contribution >= 0.6 is 0 Å². The van der Waals surface area contributed by atoms with E-state index in [0.717, 1.165) is 58.3 Å². The Labute approximate surface area is 335 Å². The molecule has 57 heavy (non-hydrogen) atoms. The topological polar surface area (TPSA) is 136 Å². The number of rotatable bonds is 13. The minimum atomic E-state index is -0.834. The molecule has 4 aromatic rings. The van der Waals surface area contributed by atoms with Crippen LogP contribution in [-0.4, -0.2) is 72.0 Å². The first-order chi connectivity index (χ1) is 27.4. The lowest BCUT2D eigenvalue weighted by molar-refractivity contribution is -0.276. The number of methoxy groups -OCH3 is 1. The first-order valence-electron chi connectivity index (χ1n) is 19.7. The third-order valence-corrected chi connectivity index (χ3v) is 10.5. The maximum Gasteiger partial charge on any atom is 0.328 e. The van der Waals surface area contributed by atoms with Crippen molar-refractivity contribution in [2.24, 2.45) is 5.92 Å². The molecular formula is C46H55N3O8. The van der Waals surface area contributed by atoms with Crippen LogP contribution in [0.15, 0.2) is 103 Å². The van der Waals surface area contributed by atoms with Crippen LogP contribution in [0.4, 0.5) is 4.79 Å². The summed E-state index contributed by atoms with van der Waals surface area (Å²) in [5, 5.41) is 15.3. The van der Waals surface area contributed by atoms with Gasteiger partial charge in [0.2, 0.25) is 0 Å². The van der Waals surface area contributed by atoms with Gasteiger partial charge in [0.1, 0.15) is 17.7 Å². The predicted octanol–water partition coefficient (Wildman–Crippen LogP) is 7.03. The second kappa shape index (κ2) is 18.9. The van der Waals surface area contributed by atoms with E-state index >= 15 is 0 Å². The fraction of sp³-hybridized carbons (Fsp3) is 0.413. The highest BCUT2D eigenvalue weighted by molar-refractivity contribution is 5.83. The largest absolute Gasteiger partial charge is 0.467 e. The summed E-state index contributed by atoms with van der Waals surface area (Å²) in [6.07, 6.45) is 0.697. The molecule has 2 saturated heterocycles. The number of benzene rings is 4. The smallest absolute Gasteiger partial charge is 0.328 e. The summed E-state index contributed by atoms with van der Waals surface area (Å²) in [5.41, 5.74) is 5.76. The molecule has 3 N–H and O–H groups in total. The van der Waals surface area contributed by atoms with Crippen LogP contribution in [-0.2, 0) is 48.1 Å². The minimum absolute atomic E-state index is 0.0431. The third kappa shape index (κ3) is 11.1. The normalized spacial score (nSPS) is 21.7. The second-order valence-electron chi connectivity index (χ2n) is 15.9. The van der Waals surface area contributed by atoms with Crippen molar-refractivity contribution in [1.29, 1.82) is 0 Å². The van der Waals surface area contributed by atoms with Crippen LogP contribution in [0.1, 0.15) is 80.7 Å². The van der Waals surface area contributed by atoms with Gasteiger partial charge in [-0.25, -0.2) is 9.59 Å². The fourth-order valence-electron chi connectivity index (χ4n) is 7.54. The van der Waals surface area contributed by atoms with E-state index in [1.165, 1.54) is 7.11 Å². The molecule has 2 aliphatic heterocycles. The van der Waals surface area contributed by atoms with Crippen molar-refractivity contribution < 1.29 is 38.4 Å². The van der Waals surface area contributed by atoms with Crippen molar-refractivity contribution in [2.45, 2.75) is 96.3 Å². The lowest BCUT2D eigenvalue weighted by Gasteiger charge is -2.43. The van der Waals surface area contributed by atoms with E-state index < -0.39 is 29.9 Å². The number of hydrogen-bond donors (Lipinski definition) is 3. The molecule has 302 valence electrons. The summed E-state index contributed by atoms with van der Waals surface area (Å²) in [4.78, 5) is 40.8. The van der Waals surface area contributed by atoms with Crippen LogP contribution in [0.5, 0.6) is 0 Å². The summed E-state index contributed by atoms with van der Waals surface area (Å²) in [6.45, 7) is 9.32. The molecule has 0 spiro atoms. The van der Waals surface area contributed by atoms with Crippen molar-refractivity contribution >= 4 is 18.0 Å². The average Bonchev–Trinajstić information content (AvgIpc) is 3.69. The predicted molar refractivity (Wildman–Crippen MR) is 217 cm³/mol. The number of amides is 2. The third-order valence-electron chi connectivity index (χ3n) is 10.5. The molecule has 0 radical (unpaired) electrons. The number of hydrogen-bond acceptors (Lipinski definition) is 9. The lowest BCUT2D eigenvalue weighted by atomic mass is 9.89. The summed E-state index contributed by atoms with van der Waals surface area (Å²) in [5.74, 6) is -0.770. The van der Waals surface area contributed by atoms with E-state index in [2.05, 4.69) is 28.5 Å². The van der Waals surface area contributed by atoms with Gasteiger partial charge >= 0.3 is 18.0 Å². The highest BCUT2D eigenvalue weighted by atomic mass is 16.7. The molecule has 2 heterocycles. The number of aliphatic hydroxyl groups is 1. The monoisotopic (exact) mass is 777 g/mol. The molecular weight excluding hydrogens is 723 g/mol. The molecule has 11 heteroatoms. The van der Waals surface area contributed by atoms with Crippen molar-refractivity contribution in [1.82, 2.24) is 15.5 Å². The number of ether oxygens (including phenoxy) is 4. The second-order valence-corrected chi connectivity index (χ2v) is 15.9. The van der Waals surface area contributed by atoms with Gasteiger partial charge in [-0.15, -0.1) is 0 Å². The standard InChI is InChI=1S/C46H55N3O8/c1-30-40(28-49-23-11-18-39(49)43(52)57-46(2,3)4)55-44(56-41(30)34-21-19-32(29-50)20-22-34)37-17-10-16-36(26-37)35-15-9-14-33(24-35)27-47-45(53)48-38(42(51)54-5)25-31-12-7-6-8-13-31/h6-10,12-17,19-22,24,26,30,38-41,44,50H,11,18,23,25,27-29H2,1-5H3,(H2,47,48,53)/t30-,38-,39-,40+,41+,44+/m0/s1. The van der Waals surface area contributed by atoms with Crippen molar-refractivity contribution in [3.63, 3.8) is 0 Å². The van der Waals surface area contributed by atoms with E-state index in [9.17, 15) is 19.5 Å². The lowest BCUT2D eigenvalue weighted by Crippen LogP contribution is -2.48. The average molecular weight is 778 g/mol. The van der Waals surface area contributed by atoms with Crippen molar-refractivity contribution in [2.75, 3.05) is 20.2 Å². The maximum atomic E-state index is 13.2. The molecule has 6 atom stereocenters. The molecule has 6 rings (SSSR count). The highest BCUT2D eigenvalue weighted by Crippen LogP contribution is 2.43. The number of likely N-dealkylation sites (tertiary alicyclic amines) is 1. The zero-order chi connectivity index (χ0) is 40.5. The van der Waals surface area contributed by atoms with Gasteiger partial charge in [0.15, 0.2) is 6.29 Å². The van der Waals surface area contributed by atoms with E-state index in [-0.39, 0.29) is 43.3 Å². The van der Waals surface area contributed by atoms with E-state index in [1.807, 2.05) is 118 Å². The van der Waals surface area contributed by atoms with Gasteiger partial charge in [-0.3, -0.25) is 9.69 Å². The van der Waals surface area contributed by atoms with Crippen LogP contribution < -0.4 is 10.6 Å². The summed E-state index contributed by atoms with van der Waals surface area (Å²) < 4.78 is 24.3. The molecule has 11 nitrogen and oxygen atoms in total. The molecule has 2 aliphatic rings. The number of urea groups is 1. The van der Waals surface area contributed by atoms with Gasteiger partial charge in [-0.1, -0.05) is 97.9 Å². The number of nitrogens with one attached hydrogen (secondary N) is 2. The fourth-order valence-corrected chi connectivity index (χ4v) is 7.54. The summed E-state index contributed by atoms with van der Waals surface area (Å²) >= 11 is 0. The van der Waals surface area contributed by atoms with Crippen LogP contribution in [0.25, 0.3) is 11.1 Å². The maximum absolute atomic E-state index is 13.2. The first-order valence-corrected chi connectivity index (χ1v) is 19.7. The Kier molecular flexibility index (Phi) is 13.8. The molecule has 2 amide bonds. The Bertz CT molecular complexity index is 1960. The van der Waals surface area contributed by atoms with Crippen molar-refractivity contribution in [3.8, 4) is 11.1 Å². The van der Waals surface area contributed by atoms with Gasteiger partial charge < -0.3 is 34.7 Å². The molecule has 2 fully saturated rings. The highest BCUT2D eigenvalue weighted by Gasteiger charge is 2.42. The first kappa shape index (κ1) is 41.6. The quantitative estimate of drug-likeness (QED) is 0.122. The summed E-state index contributed by atoms with van der Waals surface area (Å²) in [7, 11) is 1.30. The molecule has 0 saturated carbocycles. The van der Waals surface area contributed by atoms with Gasteiger partial charge in [0.25, 0.3) is 0 Å². The summed E-state index contributed by atoms with van der Waals surface area (Å²) in [6, 6.07) is 31.6. The van der Waals surface area contributed by atoms with E-state index in [4.69, 9.17) is 18.9 Å². The van der Waals surface area contributed by atoms with E-state index in [1.54, 1.807) is 0 Å². The van der Waals surface area contributed by atoms with Crippen LogP contribution in [0.2, 0.25) is 0 Å². The minimum Gasteiger partial charge on any atom is -0.467 e. The van der Waals surface area contributed by atoms with Crippen LogP contribution in [0, 0.1) is 5.92 Å². The van der Waals surface area contributed by atoms with Gasteiger partial charge in [-0.2, -0.15) is 0 Å². The Morgan fingerprint density at radius 1 is 0.860 bits per heavy atom. The number of carbonyl (C=O) groups is 3. The molecule has 0 aromatic heterocycles. The number of esters is 2. The van der Waals surface area contributed by atoms with E-state index in [0.29, 0.717) is 13.0 Å². The zero-order valence-electron chi connectivity index (χ0n) is 33.5. The zero-order valence-corrected chi connectivity index (χ0v) is 33.5. The SMILES string of the molecule is COC(=O)[C@H](Cc1ccccc1)NC(=O)NCc1cccc(-c2cccc([C@@H]3O[C@H](CN4CCC[C@H]4C(=O)OC(C)(C)C)[C@H](C)[C@H](c4ccc(CO)cc4)O3)c2)c1. The van der Waals surface area contributed by atoms with Gasteiger partial charge in [-0.05, 0) is 85.7 Å². The van der Waals surface area contributed by atoms with Gasteiger partial charge in [0.05, 0.1) is 25.9 Å². The number of nitrogens with zero attached hydrogens (tertiary/aromatic N) is 1.